The first-order chi connectivity index (χ1) is 8.13. The molecule has 0 bridgehead atoms. The van der Waals surface area contributed by atoms with E-state index in [4.69, 9.17) is 22.1 Å². The van der Waals surface area contributed by atoms with Crippen molar-refractivity contribution in [2.45, 2.75) is 12.5 Å². The predicted octanol–water partition coefficient (Wildman–Crippen LogP) is 1.52. The Morgan fingerprint density at radius 3 is 2.94 bits per heavy atom. The summed E-state index contributed by atoms with van der Waals surface area (Å²) >= 11 is 6.06. The highest BCUT2D eigenvalue weighted by Crippen LogP contribution is 2.28. The molecule has 0 saturated carbocycles. The number of carbonyl (C=O) groups excluding carboxylic acids is 1. The number of hydrogen-bond acceptors (Lipinski definition) is 3. The lowest BCUT2D eigenvalue weighted by Crippen LogP contribution is -2.32. The highest BCUT2D eigenvalue weighted by Gasteiger charge is 2.27. The van der Waals surface area contributed by atoms with E-state index in [1.807, 2.05) is 0 Å². The first kappa shape index (κ1) is 12.2. The van der Waals surface area contributed by atoms with E-state index < -0.39 is 0 Å². The number of ether oxygens (including phenoxy) is 1. The number of methoxy groups -OCH3 is 1. The van der Waals surface area contributed by atoms with Gasteiger partial charge >= 0.3 is 0 Å². The van der Waals surface area contributed by atoms with Crippen LogP contribution in [0.4, 0.5) is 0 Å². The second-order valence-corrected chi connectivity index (χ2v) is 4.52. The minimum Gasteiger partial charge on any atom is -0.496 e. The van der Waals surface area contributed by atoms with Gasteiger partial charge in [0.05, 0.1) is 12.1 Å². The first-order valence-corrected chi connectivity index (χ1v) is 5.88. The number of carbonyl (C=O) groups is 1. The van der Waals surface area contributed by atoms with Crippen molar-refractivity contribution in [3.05, 3.63) is 28.8 Å². The largest absolute Gasteiger partial charge is 0.496 e. The topological polar surface area (TPSA) is 55.6 Å². The van der Waals surface area contributed by atoms with E-state index in [0.717, 1.165) is 6.42 Å². The van der Waals surface area contributed by atoms with E-state index in [9.17, 15) is 4.79 Å². The summed E-state index contributed by atoms with van der Waals surface area (Å²) in [6.07, 6.45) is 0.832. The molecule has 1 fully saturated rings. The van der Waals surface area contributed by atoms with Gasteiger partial charge in [0.15, 0.2) is 0 Å². The molecule has 1 aliphatic rings. The fourth-order valence-corrected chi connectivity index (χ4v) is 2.26. The number of nitrogens with zero attached hydrogens (tertiary/aromatic N) is 1. The second kappa shape index (κ2) is 4.94. The summed E-state index contributed by atoms with van der Waals surface area (Å²) in [6, 6.07) is 5.24. The van der Waals surface area contributed by atoms with Crippen LogP contribution in [0.25, 0.3) is 0 Å². The molecule has 0 aromatic heterocycles. The zero-order valence-electron chi connectivity index (χ0n) is 9.65. The molecule has 0 radical (unpaired) electrons. The SMILES string of the molecule is COc1cccc(Cl)c1C(=O)N1CC[C@@H](N)C1. The van der Waals surface area contributed by atoms with Crippen LogP contribution < -0.4 is 10.5 Å². The Morgan fingerprint density at radius 2 is 2.35 bits per heavy atom. The van der Waals surface area contributed by atoms with Crippen LogP contribution in [-0.4, -0.2) is 37.0 Å². The van der Waals surface area contributed by atoms with Crippen molar-refractivity contribution in [3.63, 3.8) is 0 Å². The minimum atomic E-state index is -0.111. The Hall–Kier alpha value is -1.26. The average molecular weight is 255 g/mol. The number of likely N-dealkylation sites (tertiary alicyclic amines) is 1. The number of rotatable bonds is 2. The number of benzene rings is 1. The third kappa shape index (κ3) is 2.37. The highest BCUT2D eigenvalue weighted by molar-refractivity contribution is 6.34. The predicted molar refractivity (Wildman–Crippen MR) is 66.5 cm³/mol. The Balaban J connectivity index is 2.30. The third-order valence-electron chi connectivity index (χ3n) is 2.92. The summed E-state index contributed by atoms with van der Waals surface area (Å²) in [5.74, 6) is 0.392. The Kier molecular flexibility index (Phi) is 3.54. The Labute approximate surface area is 105 Å². The van der Waals surface area contributed by atoms with Crippen LogP contribution in [0, 0.1) is 0 Å². The van der Waals surface area contributed by atoms with Gasteiger partial charge < -0.3 is 15.4 Å². The molecular formula is C12H15ClN2O2. The zero-order valence-corrected chi connectivity index (χ0v) is 10.4. The third-order valence-corrected chi connectivity index (χ3v) is 3.24. The van der Waals surface area contributed by atoms with Gasteiger partial charge in [-0.15, -0.1) is 0 Å². The summed E-state index contributed by atoms with van der Waals surface area (Å²) < 4.78 is 5.17. The monoisotopic (exact) mass is 254 g/mol. The maximum atomic E-state index is 12.3. The van der Waals surface area contributed by atoms with Crippen LogP contribution in [0.5, 0.6) is 5.75 Å². The first-order valence-electron chi connectivity index (χ1n) is 5.51. The molecule has 92 valence electrons. The van der Waals surface area contributed by atoms with E-state index >= 15 is 0 Å². The fraction of sp³-hybridized carbons (Fsp3) is 0.417. The highest BCUT2D eigenvalue weighted by atomic mass is 35.5. The standard InChI is InChI=1S/C12H15ClN2O2/c1-17-10-4-2-3-9(13)11(10)12(16)15-6-5-8(14)7-15/h2-4,8H,5-7,14H2,1H3/t8-/m1/s1. The van der Waals surface area contributed by atoms with Crippen molar-refractivity contribution in [2.75, 3.05) is 20.2 Å². The van der Waals surface area contributed by atoms with Crippen molar-refractivity contribution in [3.8, 4) is 5.75 Å². The van der Waals surface area contributed by atoms with Crippen LogP contribution in [0.2, 0.25) is 5.02 Å². The molecule has 1 amide bonds. The normalized spacial score (nSPS) is 19.5. The molecule has 0 spiro atoms. The second-order valence-electron chi connectivity index (χ2n) is 4.12. The summed E-state index contributed by atoms with van der Waals surface area (Å²) in [7, 11) is 1.53. The molecule has 1 aromatic carbocycles. The molecule has 1 saturated heterocycles. The maximum Gasteiger partial charge on any atom is 0.259 e. The number of nitrogens with two attached hydrogens (primary N) is 1. The maximum absolute atomic E-state index is 12.3. The summed E-state index contributed by atoms with van der Waals surface area (Å²) in [6.45, 7) is 1.25. The Bertz CT molecular complexity index is 437. The molecule has 1 atom stereocenters. The van der Waals surface area contributed by atoms with Crippen LogP contribution >= 0.6 is 11.6 Å². The summed E-state index contributed by atoms with van der Waals surface area (Å²) in [5.41, 5.74) is 6.21. The number of hydrogen-bond donors (Lipinski definition) is 1. The van der Waals surface area contributed by atoms with Gasteiger partial charge in [-0.1, -0.05) is 17.7 Å². The van der Waals surface area contributed by atoms with Crippen LogP contribution in [-0.2, 0) is 0 Å². The lowest BCUT2D eigenvalue weighted by Gasteiger charge is -2.18. The van der Waals surface area contributed by atoms with Gasteiger partial charge in [-0.3, -0.25) is 4.79 Å². The van der Waals surface area contributed by atoms with Gasteiger partial charge in [0, 0.05) is 19.1 Å². The molecular weight excluding hydrogens is 240 g/mol. The molecule has 5 heteroatoms. The molecule has 17 heavy (non-hydrogen) atoms. The Morgan fingerprint density at radius 1 is 1.59 bits per heavy atom. The molecule has 4 nitrogen and oxygen atoms in total. The van der Waals surface area contributed by atoms with E-state index in [2.05, 4.69) is 0 Å². The van der Waals surface area contributed by atoms with E-state index in [1.54, 1.807) is 23.1 Å². The molecule has 1 aromatic rings. The number of amides is 1. The van der Waals surface area contributed by atoms with Crippen LogP contribution in [0.1, 0.15) is 16.8 Å². The smallest absolute Gasteiger partial charge is 0.259 e. The molecule has 1 aliphatic heterocycles. The molecule has 2 rings (SSSR count). The van der Waals surface area contributed by atoms with Gasteiger partial charge in [0.1, 0.15) is 11.3 Å². The minimum absolute atomic E-state index is 0.0624. The molecule has 1 heterocycles. The van der Waals surface area contributed by atoms with Gasteiger partial charge in [-0.05, 0) is 18.6 Å². The molecule has 0 aliphatic carbocycles. The fourth-order valence-electron chi connectivity index (χ4n) is 2.01. The quantitative estimate of drug-likeness (QED) is 0.871. The van der Waals surface area contributed by atoms with Crippen LogP contribution in [0.15, 0.2) is 18.2 Å². The summed E-state index contributed by atoms with van der Waals surface area (Å²) in [4.78, 5) is 14.0. The summed E-state index contributed by atoms with van der Waals surface area (Å²) in [5, 5.41) is 0.412. The van der Waals surface area contributed by atoms with Gasteiger partial charge in [0.2, 0.25) is 0 Å². The van der Waals surface area contributed by atoms with Crippen molar-refractivity contribution < 1.29 is 9.53 Å². The lowest BCUT2D eigenvalue weighted by molar-refractivity contribution is 0.0787. The van der Waals surface area contributed by atoms with E-state index in [1.165, 1.54) is 7.11 Å². The van der Waals surface area contributed by atoms with Crippen molar-refractivity contribution in [1.82, 2.24) is 4.90 Å². The van der Waals surface area contributed by atoms with Gasteiger partial charge in [-0.2, -0.15) is 0 Å². The molecule has 2 N–H and O–H groups in total. The van der Waals surface area contributed by atoms with Crippen molar-refractivity contribution in [2.24, 2.45) is 5.73 Å². The van der Waals surface area contributed by atoms with Gasteiger partial charge in [0.25, 0.3) is 5.91 Å². The van der Waals surface area contributed by atoms with Crippen molar-refractivity contribution in [1.29, 1.82) is 0 Å². The van der Waals surface area contributed by atoms with E-state index in [0.29, 0.717) is 29.4 Å². The average Bonchev–Trinajstić information content (AvgIpc) is 2.74. The number of halogens is 1. The zero-order chi connectivity index (χ0) is 12.4. The van der Waals surface area contributed by atoms with E-state index in [-0.39, 0.29) is 11.9 Å². The van der Waals surface area contributed by atoms with Crippen LogP contribution in [0.3, 0.4) is 0 Å². The van der Waals surface area contributed by atoms with Crippen molar-refractivity contribution >= 4 is 17.5 Å². The van der Waals surface area contributed by atoms with Gasteiger partial charge in [-0.25, -0.2) is 0 Å². The lowest BCUT2D eigenvalue weighted by atomic mass is 10.1. The molecule has 0 unspecified atom stereocenters.